The highest BCUT2D eigenvalue weighted by Crippen LogP contribution is 2.35. The van der Waals surface area contributed by atoms with Crippen molar-refractivity contribution < 1.29 is 13.9 Å². The van der Waals surface area contributed by atoms with Gasteiger partial charge < -0.3 is 10.1 Å². The van der Waals surface area contributed by atoms with Crippen LogP contribution in [0.15, 0.2) is 48.8 Å². The highest BCUT2D eigenvalue weighted by molar-refractivity contribution is 5.98. The van der Waals surface area contributed by atoms with Crippen LogP contribution < -0.4 is 5.32 Å². The number of H-pyrrole nitrogens is 1. The molecule has 0 atom stereocenters. The van der Waals surface area contributed by atoms with E-state index < -0.39 is 0 Å². The van der Waals surface area contributed by atoms with E-state index in [2.05, 4.69) is 20.5 Å². The Morgan fingerprint density at radius 3 is 2.56 bits per heavy atom. The molecule has 6 nitrogen and oxygen atoms in total. The Hall–Kier alpha value is -3.06. The zero-order chi connectivity index (χ0) is 17.6. The van der Waals surface area contributed by atoms with Crippen molar-refractivity contribution in [2.75, 3.05) is 18.5 Å². The van der Waals surface area contributed by atoms with Crippen LogP contribution in [0.4, 0.5) is 10.2 Å². The van der Waals surface area contributed by atoms with Gasteiger partial charge in [-0.3, -0.25) is 14.9 Å². The lowest BCUT2D eigenvalue weighted by molar-refractivity contribution is -0.120. The van der Waals surface area contributed by atoms with Crippen LogP contribution in [0, 0.1) is 5.82 Å². The zero-order valence-corrected chi connectivity index (χ0v) is 13.6. The summed E-state index contributed by atoms with van der Waals surface area (Å²) >= 11 is 0. The number of ether oxygens (including phenoxy) is 1. The van der Waals surface area contributed by atoms with Gasteiger partial charge in [0, 0.05) is 24.6 Å². The number of anilines is 1. The lowest BCUT2D eigenvalue weighted by Crippen LogP contribution is -2.18. The highest BCUT2D eigenvalue weighted by Gasteiger charge is 2.18. The summed E-state index contributed by atoms with van der Waals surface area (Å²) in [5, 5.41) is 9.88. The molecule has 0 aliphatic rings. The molecule has 3 rings (SSSR count). The van der Waals surface area contributed by atoms with Crippen LogP contribution >= 0.6 is 0 Å². The van der Waals surface area contributed by atoms with Gasteiger partial charge in [-0.05, 0) is 48.9 Å². The van der Waals surface area contributed by atoms with Crippen LogP contribution in [0.5, 0.6) is 0 Å². The van der Waals surface area contributed by atoms with Crippen LogP contribution in [0.2, 0.25) is 0 Å². The standard InChI is InChI=1S/C18H17FN4O2/c1-2-25-11-15(24)21-18-16(12-7-9-20-10-8-12)17(22-23-18)13-3-5-14(19)6-4-13/h3-10H,2,11H2,1H3,(H2,21,22,23,24). The molecule has 3 aromatic rings. The van der Waals surface area contributed by atoms with Crippen molar-refractivity contribution in [3.63, 3.8) is 0 Å². The summed E-state index contributed by atoms with van der Waals surface area (Å²) < 4.78 is 18.3. The van der Waals surface area contributed by atoms with Gasteiger partial charge in [-0.25, -0.2) is 4.39 Å². The first-order valence-electron chi connectivity index (χ1n) is 7.81. The molecule has 2 N–H and O–H groups in total. The fourth-order valence-electron chi connectivity index (χ4n) is 2.42. The number of amides is 1. The van der Waals surface area contributed by atoms with Crippen molar-refractivity contribution in [3.8, 4) is 22.4 Å². The molecule has 0 aliphatic heterocycles. The molecule has 0 unspecified atom stereocenters. The van der Waals surface area contributed by atoms with Crippen molar-refractivity contribution >= 4 is 11.7 Å². The lowest BCUT2D eigenvalue weighted by Gasteiger charge is -2.08. The minimum atomic E-state index is -0.320. The van der Waals surface area contributed by atoms with Crippen molar-refractivity contribution in [2.24, 2.45) is 0 Å². The average Bonchev–Trinajstić information content (AvgIpc) is 3.04. The van der Waals surface area contributed by atoms with E-state index in [0.717, 1.165) is 11.1 Å². The summed E-state index contributed by atoms with van der Waals surface area (Å²) in [6.45, 7) is 2.22. The summed E-state index contributed by atoms with van der Waals surface area (Å²) in [6, 6.07) is 9.69. The highest BCUT2D eigenvalue weighted by atomic mass is 19.1. The maximum absolute atomic E-state index is 13.2. The van der Waals surface area contributed by atoms with Gasteiger partial charge in [-0.2, -0.15) is 5.10 Å². The SMILES string of the molecule is CCOCC(=O)Nc1n[nH]c(-c2ccc(F)cc2)c1-c1ccncc1. The molecular formula is C18H17FN4O2. The van der Waals surface area contributed by atoms with Gasteiger partial charge in [0.15, 0.2) is 5.82 Å². The van der Waals surface area contributed by atoms with Crippen molar-refractivity contribution in [1.29, 1.82) is 0 Å². The number of pyridine rings is 1. The van der Waals surface area contributed by atoms with Gasteiger partial charge >= 0.3 is 0 Å². The molecule has 1 aromatic carbocycles. The number of hydrogen-bond donors (Lipinski definition) is 2. The van der Waals surface area contributed by atoms with Gasteiger partial charge in [0.25, 0.3) is 5.91 Å². The van der Waals surface area contributed by atoms with Crippen molar-refractivity contribution in [2.45, 2.75) is 6.92 Å². The quantitative estimate of drug-likeness (QED) is 0.722. The van der Waals surface area contributed by atoms with Crippen LogP contribution in [-0.2, 0) is 9.53 Å². The predicted octanol–water partition coefficient (Wildman–Crippen LogP) is 3.25. The number of hydrogen-bond acceptors (Lipinski definition) is 4. The maximum atomic E-state index is 13.2. The van der Waals surface area contributed by atoms with Crippen LogP contribution in [0.1, 0.15) is 6.92 Å². The van der Waals surface area contributed by atoms with E-state index in [1.165, 1.54) is 12.1 Å². The summed E-state index contributed by atoms with van der Waals surface area (Å²) in [4.78, 5) is 16.0. The second-order valence-corrected chi connectivity index (χ2v) is 5.25. The zero-order valence-electron chi connectivity index (χ0n) is 13.6. The smallest absolute Gasteiger partial charge is 0.251 e. The first-order chi connectivity index (χ1) is 12.2. The van der Waals surface area contributed by atoms with E-state index in [-0.39, 0.29) is 18.3 Å². The molecule has 25 heavy (non-hydrogen) atoms. The van der Waals surface area contributed by atoms with Gasteiger partial charge in [0.1, 0.15) is 12.4 Å². The second kappa shape index (κ2) is 7.67. The van der Waals surface area contributed by atoms with Gasteiger partial charge in [0.05, 0.1) is 11.3 Å². The number of nitrogens with zero attached hydrogens (tertiary/aromatic N) is 2. The fourth-order valence-corrected chi connectivity index (χ4v) is 2.42. The molecular weight excluding hydrogens is 323 g/mol. The third-order valence-corrected chi connectivity index (χ3v) is 3.56. The number of aromatic nitrogens is 3. The first-order valence-corrected chi connectivity index (χ1v) is 7.81. The number of carbonyl (C=O) groups is 1. The van der Waals surface area contributed by atoms with Gasteiger partial charge in [0.2, 0.25) is 0 Å². The maximum Gasteiger partial charge on any atom is 0.251 e. The molecule has 2 aromatic heterocycles. The van der Waals surface area contributed by atoms with Crippen molar-refractivity contribution in [3.05, 3.63) is 54.6 Å². The third kappa shape index (κ3) is 3.89. The third-order valence-electron chi connectivity index (χ3n) is 3.56. The minimum absolute atomic E-state index is 0.0506. The van der Waals surface area contributed by atoms with E-state index in [1.807, 2.05) is 19.1 Å². The molecule has 0 bridgehead atoms. The van der Waals surface area contributed by atoms with Crippen molar-refractivity contribution in [1.82, 2.24) is 15.2 Å². The molecule has 0 saturated carbocycles. The van der Waals surface area contributed by atoms with Gasteiger partial charge in [-0.15, -0.1) is 0 Å². The minimum Gasteiger partial charge on any atom is -0.372 e. The molecule has 0 spiro atoms. The Balaban J connectivity index is 2.01. The number of rotatable bonds is 6. The average molecular weight is 340 g/mol. The Bertz CT molecular complexity index is 847. The van der Waals surface area contributed by atoms with E-state index in [0.29, 0.717) is 23.7 Å². The van der Waals surface area contributed by atoms with E-state index in [1.54, 1.807) is 24.5 Å². The van der Waals surface area contributed by atoms with E-state index >= 15 is 0 Å². The topological polar surface area (TPSA) is 79.9 Å². The first kappa shape index (κ1) is 16.8. The molecule has 7 heteroatoms. The van der Waals surface area contributed by atoms with Crippen LogP contribution in [-0.4, -0.2) is 34.3 Å². The molecule has 2 heterocycles. The fraction of sp³-hybridized carbons (Fsp3) is 0.167. The number of carbonyl (C=O) groups excluding carboxylic acids is 1. The number of nitrogens with one attached hydrogen (secondary N) is 2. The van der Waals surface area contributed by atoms with E-state index in [9.17, 15) is 9.18 Å². The Morgan fingerprint density at radius 1 is 1.16 bits per heavy atom. The monoisotopic (exact) mass is 340 g/mol. The lowest BCUT2D eigenvalue weighted by atomic mass is 10.0. The number of benzene rings is 1. The molecule has 128 valence electrons. The summed E-state index contributed by atoms with van der Waals surface area (Å²) in [6.07, 6.45) is 3.31. The largest absolute Gasteiger partial charge is 0.372 e. The Morgan fingerprint density at radius 2 is 1.88 bits per heavy atom. The van der Waals surface area contributed by atoms with Crippen LogP contribution in [0.25, 0.3) is 22.4 Å². The summed E-state index contributed by atoms with van der Waals surface area (Å²) in [7, 11) is 0. The summed E-state index contributed by atoms with van der Waals surface area (Å²) in [5.41, 5.74) is 2.97. The normalized spacial score (nSPS) is 10.6. The molecule has 1 amide bonds. The molecule has 0 saturated heterocycles. The van der Waals surface area contributed by atoms with Gasteiger partial charge in [-0.1, -0.05) is 0 Å². The number of aromatic amines is 1. The Labute approximate surface area is 144 Å². The summed E-state index contributed by atoms with van der Waals surface area (Å²) in [5.74, 6) is -0.233. The molecule has 0 fully saturated rings. The Kier molecular flexibility index (Phi) is 5.15. The predicted molar refractivity (Wildman–Crippen MR) is 92.3 cm³/mol. The second-order valence-electron chi connectivity index (χ2n) is 5.25. The molecule has 0 aliphatic carbocycles. The van der Waals surface area contributed by atoms with Crippen LogP contribution in [0.3, 0.4) is 0 Å². The number of halogens is 1. The molecule has 0 radical (unpaired) electrons. The van der Waals surface area contributed by atoms with E-state index in [4.69, 9.17) is 4.74 Å².